The minimum atomic E-state index is -0.849. The van der Waals surface area contributed by atoms with Crippen LogP contribution >= 0.6 is 0 Å². The monoisotopic (exact) mass is 400 g/mol. The predicted molar refractivity (Wildman–Crippen MR) is 123 cm³/mol. The van der Waals surface area contributed by atoms with Crippen molar-refractivity contribution < 1.29 is 13.9 Å². The van der Waals surface area contributed by atoms with Gasteiger partial charge in [0.1, 0.15) is 17.4 Å². The summed E-state index contributed by atoms with van der Waals surface area (Å²) in [6.45, 7) is 28.4. The van der Waals surface area contributed by atoms with Gasteiger partial charge >= 0.3 is 0 Å². The maximum absolute atomic E-state index is 14.4. The zero-order valence-electron chi connectivity index (χ0n) is 18.0. The van der Waals surface area contributed by atoms with Gasteiger partial charge < -0.3 is 5.11 Å². The lowest BCUT2D eigenvalue weighted by atomic mass is 9.91. The van der Waals surface area contributed by atoms with E-state index in [2.05, 4.69) is 60.2 Å². The molecule has 0 aromatic rings. The van der Waals surface area contributed by atoms with E-state index >= 15 is 0 Å². The van der Waals surface area contributed by atoms with Gasteiger partial charge in [-0.15, -0.1) is 0 Å². The summed E-state index contributed by atoms with van der Waals surface area (Å²) in [5.74, 6) is -1.01. The maximum atomic E-state index is 14.4. The van der Waals surface area contributed by atoms with Gasteiger partial charge in [0.15, 0.2) is 0 Å². The van der Waals surface area contributed by atoms with Crippen molar-refractivity contribution in [1.82, 2.24) is 0 Å². The van der Waals surface area contributed by atoms with Gasteiger partial charge in [0.05, 0.1) is 0 Å². The molecule has 0 amide bonds. The van der Waals surface area contributed by atoms with Crippen LogP contribution in [0.5, 0.6) is 0 Å². The van der Waals surface area contributed by atoms with E-state index in [1.54, 1.807) is 6.08 Å². The first-order chi connectivity index (χ1) is 13.4. The van der Waals surface area contributed by atoms with Crippen LogP contribution in [0.3, 0.4) is 0 Å². The molecule has 0 radical (unpaired) electrons. The van der Waals surface area contributed by atoms with Crippen molar-refractivity contribution in [3.05, 3.63) is 109 Å². The van der Waals surface area contributed by atoms with Gasteiger partial charge in [0, 0.05) is 17.2 Å². The Hall–Kier alpha value is -2.68. The van der Waals surface area contributed by atoms with Crippen molar-refractivity contribution in [2.75, 3.05) is 0 Å². The van der Waals surface area contributed by atoms with Crippen LogP contribution in [0.4, 0.5) is 8.78 Å². The number of hydrogen-bond donors (Lipinski definition) is 1. The van der Waals surface area contributed by atoms with E-state index < -0.39 is 17.4 Å². The van der Waals surface area contributed by atoms with Crippen molar-refractivity contribution >= 4 is 0 Å². The van der Waals surface area contributed by atoms with Crippen molar-refractivity contribution in [2.24, 2.45) is 11.8 Å². The van der Waals surface area contributed by atoms with E-state index in [9.17, 15) is 8.78 Å². The molecule has 0 saturated heterocycles. The Morgan fingerprint density at radius 3 is 1.86 bits per heavy atom. The second-order valence-electron chi connectivity index (χ2n) is 7.38. The summed E-state index contributed by atoms with van der Waals surface area (Å²) in [6.07, 6.45) is 8.64. The van der Waals surface area contributed by atoms with Crippen LogP contribution in [0.25, 0.3) is 0 Å². The molecule has 1 N–H and O–H groups in total. The molecule has 0 heterocycles. The summed E-state index contributed by atoms with van der Waals surface area (Å²) in [5, 5.41) is 9.00. The highest BCUT2D eigenvalue weighted by Crippen LogP contribution is 2.26. The SMILES string of the molecule is C=C(O)/C=C(/F)C(=C)C(=C)/C=C(/F)C(=C)C(=C)/C=C\C(=C)C(C)CCC(C)CC. The number of aliphatic hydroxyl groups is 1. The maximum Gasteiger partial charge on any atom is 0.134 e. The molecule has 29 heavy (non-hydrogen) atoms. The molecular formula is C26H34F2O. The highest BCUT2D eigenvalue weighted by Gasteiger charge is 2.10. The van der Waals surface area contributed by atoms with Crippen molar-refractivity contribution in [1.29, 1.82) is 0 Å². The summed E-state index contributed by atoms with van der Waals surface area (Å²) < 4.78 is 28.2. The summed E-state index contributed by atoms with van der Waals surface area (Å²) in [6, 6.07) is 0. The molecule has 0 bridgehead atoms. The lowest BCUT2D eigenvalue weighted by Gasteiger charge is -2.15. The Kier molecular flexibility index (Phi) is 11.5. The highest BCUT2D eigenvalue weighted by molar-refractivity contribution is 5.53. The van der Waals surface area contributed by atoms with Gasteiger partial charge in [0.2, 0.25) is 0 Å². The molecule has 2 atom stereocenters. The molecule has 0 aromatic carbocycles. The average Bonchev–Trinajstić information content (AvgIpc) is 2.67. The van der Waals surface area contributed by atoms with Crippen molar-refractivity contribution in [2.45, 2.75) is 40.0 Å². The summed E-state index contributed by atoms with van der Waals surface area (Å²) in [4.78, 5) is 0. The molecule has 0 rings (SSSR count). The molecule has 1 nitrogen and oxygen atoms in total. The van der Waals surface area contributed by atoms with Crippen LogP contribution < -0.4 is 0 Å². The molecule has 0 saturated carbocycles. The van der Waals surface area contributed by atoms with Crippen LogP contribution in [-0.2, 0) is 0 Å². The van der Waals surface area contributed by atoms with Crippen LogP contribution in [0.1, 0.15) is 40.0 Å². The molecule has 0 spiro atoms. The van der Waals surface area contributed by atoms with Gasteiger partial charge in [-0.3, -0.25) is 0 Å². The van der Waals surface area contributed by atoms with Crippen LogP contribution in [0, 0.1) is 11.8 Å². The van der Waals surface area contributed by atoms with Crippen molar-refractivity contribution in [3.8, 4) is 0 Å². The van der Waals surface area contributed by atoms with Gasteiger partial charge in [-0.2, -0.15) is 0 Å². The minimum absolute atomic E-state index is 0.0125. The van der Waals surface area contributed by atoms with Crippen LogP contribution in [0.15, 0.2) is 109 Å². The van der Waals surface area contributed by atoms with E-state index in [1.165, 1.54) is 0 Å². The fourth-order valence-electron chi connectivity index (χ4n) is 2.26. The first-order valence-electron chi connectivity index (χ1n) is 9.66. The van der Waals surface area contributed by atoms with Gasteiger partial charge in [0.25, 0.3) is 0 Å². The normalized spacial score (nSPS) is 14.4. The molecule has 0 aliphatic rings. The van der Waals surface area contributed by atoms with E-state index in [0.29, 0.717) is 17.4 Å². The zero-order valence-corrected chi connectivity index (χ0v) is 18.0. The standard InChI is InChI=1S/C26H34F2O/c1-10-17(2)11-12-18(3)19(4)13-14-20(5)23(8)25(27)15-21(6)24(9)26(28)16-22(7)29/h13-18,29H,4-12H2,1-3H3/b14-13-,25-15+,26-16+. The number of hydrogen-bond acceptors (Lipinski definition) is 1. The van der Waals surface area contributed by atoms with Crippen LogP contribution in [-0.4, -0.2) is 5.11 Å². The Morgan fingerprint density at radius 1 is 0.828 bits per heavy atom. The first-order valence-corrected chi connectivity index (χ1v) is 9.66. The minimum Gasteiger partial charge on any atom is -0.508 e. The lowest BCUT2D eigenvalue weighted by Crippen LogP contribution is -2.01. The Balaban J connectivity index is 4.99. The predicted octanol–water partition coefficient (Wildman–Crippen LogP) is 8.56. The second-order valence-corrected chi connectivity index (χ2v) is 7.38. The molecule has 0 aliphatic heterocycles. The second kappa shape index (κ2) is 12.7. The molecule has 2 unspecified atom stereocenters. The molecule has 0 aliphatic carbocycles. The van der Waals surface area contributed by atoms with Crippen LogP contribution in [0.2, 0.25) is 0 Å². The van der Waals surface area contributed by atoms with Gasteiger partial charge in [-0.25, -0.2) is 8.78 Å². The van der Waals surface area contributed by atoms with E-state index in [4.69, 9.17) is 5.11 Å². The molecule has 3 heteroatoms. The average molecular weight is 401 g/mol. The fourth-order valence-corrected chi connectivity index (χ4v) is 2.26. The number of halogens is 2. The number of rotatable bonds is 13. The molecule has 0 aromatic heterocycles. The highest BCUT2D eigenvalue weighted by atomic mass is 19.1. The number of allylic oxidation sites excluding steroid dienone is 11. The Labute approximate surface area is 175 Å². The lowest BCUT2D eigenvalue weighted by molar-refractivity contribution is 0.431. The Bertz CT molecular complexity index is 775. The van der Waals surface area contributed by atoms with Gasteiger partial charge in [-0.1, -0.05) is 90.8 Å². The topological polar surface area (TPSA) is 20.2 Å². The van der Waals surface area contributed by atoms with E-state index in [-0.39, 0.29) is 16.7 Å². The first kappa shape index (κ1) is 26.3. The molecule has 0 fully saturated rings. The van der Waals surface area contributed by atoms with E-state index in [1.807, 2.05) is 6.08 Å². The van der Waals surface area contributed by atoms with Gasteiger partial charge in [-0.05, 0) is 35.5 Å². The quantitative estimate of drug-likeness (QED) is 0.242. The summed E-state index contributed by atoms with van der Waals surface area (Å²) in [7, 11) is 0. The zero-order chi connectivity index (χ0) is 22.7. The summed E-state index contributed by atoms with van der Waals surface area (Å²) in [5.41, 5.74) is 1.24. The molecular weight excluding hydrogens is 366 g/mol. The fraction of sp³-hybridized carbons (Fsp3) is 0.308. The number of aliphatic hydroxyl groups excluding tert-OH is 1. The molecule has 158 valence electrons. The smallest absolute Gasteiger partial charge is 0.134 e. The van der Waals surface area contributed by atoms with E-state index in [0.717, 1.165) is 37.0 Å². The van der Waals surface area contributed by atoms with Crippen molar-refractivity contribution in [3.63, 3.8) is 0 Å². The summed E-state index contributed by atoms with van der Waals surface area (Å²) >= 11 is 0. The third-order valence-corrected chi connectivity index (χ3v) is 4.87. The Morgan fingerprint density at radius 2 is 1.34 bits per heavy atom. The third kappa shape index (κ3) is 9.89. The third-order valence-electron chi connectivity index (χ3n) is 4.87. The largest absolute Gasteiger partial charge is 0.508 e.